The van der Waals surface area contributed by atoms with E-state index in [0.717, 1.165) is 0 Å². The van der Waals surface area contributed by atoms with Crippen molar-refractivity contribution in [2.24, 2.45) is 5.73 Å². The van der Waals surface area contributed by atoms with Crippen molar-refractivity contribution >= 4 is 23.2 Å². The van der Waals surface area contributed by atoms with Gasteiger partial charge in [0.15, 0.2) is 0 Å². The maximum Gasteiger partial charge on any atom is 0.229 e. The van der Waals surface area contributed by atoms with Gasteiger partial charge in [0.2, 0.25) is 11.7 Å². The van der Waals surface area contributed by atoms with Gasteiger partial charge in [-0.25, -0.2) is 4.98 Å². The lowest BCUT2D eigenvalue weighted by Crippen LogP contribution is -2.36. The number of hydrogen-bond donors (Lipinski definition) is 2. The molecule has 2 aromatic heterocycles. The van der Waals surface area contributed by atoms with E-state index in [0.29, 0.717) is 15.7 Å². The van der Waals surface area contributed by atoms with E-state index in [1.807, 2.05) is 0 Å². The Hall–Kier alpha value is -1.21. The van der Waals surface area contributed by atoms with Crippen LogP contribution in [-0.2, 0) is 6.42 Å². The third kappa shape index (κ3) is 3.42. The molecule has 102 valence electrons. The molecule has 2 heterocycles. The second-order valence-corrected chi connectivity index (χ2v) is 5.22. The average molecular weight is 303 g/mol. The van der Waals surface area contributed by atoms with E-state index >= 15 is 0 Å². The second-order valence-electron chi connectivity index (χ2n) is 4.37. The highest BCUT2D eigenvalue weighted by Gasteiger charge is 2.23. The number of aliphatic hydroxyl groups is 1. The largest absolute Gasteiger partial charge is 0.388 e. The Morgan fingerprint density at radius 2 is 2.21 bits per heavy atom. The molecule has 19 heavy (non-hydrogen) atoms. The standard InChI is InChI=1S/C11H12Cl2N4O2/c1-11(18,5-14)3-8-16-10(17-19-8)9-7(13)2-6(12)4-15-9/h2,4,18H,3,5,14H2,1H3. The summed E-state index contributed by atoms with van der Waals surface area (Å²) < 4.78 is 5.03. The van der Waals surface area contributed by atoms with Gasteiger partial charge < -0.3 is 15.4 Å². The number of aromatic nitrogens is 3. The first kappa shape index (κ1) is 14.2. The number of halogens is 2. The zero-order valence-corrected chi connectivity index (χ0v) is 11.6. The van der Waals surface area contributed by atoms with Crippen LogP contribution in [0, 0.1) is 0 Å². The zero-order chi connectivity index (χ0) is 14.0. The number of pyridine rings is 1. The van der Waals surface area contributed by atoms with Gasteiger partial charge >= 0.3 is 0 Å². The van der Waals surface area contributed by atoms with E-state index in [1.165, 1.54) is 12.3 Å². The fourth-order valence-corrected chi connectivity index (χ4v) is 1.86. The molecule has 0 aromatic carbocycles. The van der Waals surface area contributed by atoms with Gasteiger partial charge in [0.1, 0.15) is 5.69 Å². The number of nitrogens with two attached hydrogens (primary N) is 1. The summed E-state index contributed by atoms with van der Waals surface area (Å²) in [6.45, 7) is 1.68. The highest BCUT2D eigenvalue weighted by atomic mass is 35.5. The molecule has 0 amide bonds. The van der Waals surface area contributed by atoms with Crippen LogP contribution in [0.5, 0.6) is 0 Å². The molecule has 8 heteroatoms. The molecule has 0 saturated carbocycles. The fraction of sp³-hybridized carbons (Fsp3) is 0.364. The molecule has 1 unspecified atom stereocenters. The quantitative estimate of drug-likeness (QED) is 0.892. The van der Waals surface area contributed by atoms with E-state index in [1.54, 1.807) is 6.92 Å². The minimum Gasteiger partial charge on any atom is -0.388 e. The third-order valence-electron chi connectivity index (χ3n) is 2.46. The lowest BCUT2D eigenvalue weighted by Gasteiger charge is -2.17. The van der Waals surface area contributed by atoms with Crippen LogP contribution in [0.1, 0.15) is 12.8 Å². The summed E-state index contributed by atoms with van der Waals surface area (Å²) in [5.41, 5.74) is 4.70. The van der Waals surface area contributed by atoms with Crippen molar-refractivity contribution in [3.63, 3.8) is 0 Å². The van der Waals surface area contributed by atoms with Crippen LogP contribution in [0.2, 0.25) is 10.0 Å². The number of nitrogens with zero attached hydrogens (tertiary/aromatic N) is 3. The van der Waals surface area contributed by atoms with E-state index in [9.17, 15) is 5.11 Å². The van der Waals surface area contributed by atoms with Crippen LogP contribution in [0.15, 0.2) is 16.8 Å². The molecule has 6 nitrogen and oxygen atoms in total. The summed E-state index contributed by atoms with van der Waals surface area (Å²) in [7, 11) is 0. The summed E-state index contributed by atoms with van der Waals surface area (Å²) in [6, 6.07) is 1.54. The van der Waals surface area contributed by atoms with Crippen molar-refractivity contribution in [1.82, 2.24) is 15.1 Å². The second kappa shape index (κ2) is 5.42. The van der Waals surface area contributed by atoms with Gasteiger partial charge in [-0.15, -0.1) is 0 Å². The normalized spacial score (nSPS) is 14.4. The molecule has 0 fully saturated rings. The van der Waals surface area contributed by atoms with Crippen LogP contribution < -0.4 is 5.73 Å². The van der Waals surface area contributed by atoms with Crippen molar-refractivity contribution < 1.29 is 9.63 Å². The minimum atomic E-state index is -1.10. The summed E-state index contributed by atoms with van der Waals surface area (Å²) in [4.78, 5) is 8.16. The third-order valence-corrected chi connectivity index (χ3v) is 2.95. The Morgan fingerprint density at radius 1 is 1.47 bits per heavy atom. The van der Waals surface area contributed by atoms with Crippen molar-refractivity contribution in [1.29, 1.82) is 0 Å². The Kier molecular flexibility index (Phi) is 4.05. The highest BCUT2D eigenvalue weighted by Crippen LogP contribution is 2.26. The predicted octanol–water partition coefficient (Wildman–Crippen LogP) is 1.69. The lowest BCUT2D eigenvalue weighted by molar-refractivity contribution is 0.0610. The molecule has 0 saturated heterocycles. The summed E-state index contributed by atoms with van der Waals surface area (Å²) >= 11 is 11.8. The minimum absolute atomic E-state index is 0.0880. The van der Waals surface area contributed by atoms with Gasteiger partial charge in [0.05, 0.1) is 22.1 Å². The van der Waals surface area contributed by atoms with Gasteiger partial charge in [-0.3, -0.25) is 0 Å². The zero-order valence-electron chi connectivity index (χ0n) is 10.1. The van der Waals surface area contributed by atoms with Crippen molar-refractivity contribution in [3.05, 3.63) is 28.2 Å². The molecule has 0 bridgehead atoms. The smallest absolute Gasteiger partial charge is 0.229 e. The summed E-state index contributed by atoms with van der Waals surface area (Å²) in [6.07, 6.45) is 1.59. The van der Waals surface area contributed by atoms with E-state index in [2.05, 4.69) is 15.1 Å². The van der Waals surface area contributed by atoms with E-state index < -0.39 is 5.60 Å². The van der Waals surface area contributed by atoms with Crippen molar-refractivity contribution in [3.8, 4) is 11.5 Å². The Balaban J connectivity index is 2.26. The van der Waals surface area contributed by atoms with Crippen LogP contribution >= 0.6 is 23.2 Å². The van der Waals surface area contributed by atoms with Crippen molar-refractivity contribution in [2.75, 3.05) is 6.54 Å². The Morgan fingerprint density at radius 3 is 2.84 bits per heavy atom. The molecular weight excluding hydrogens is 291 g/mol. The molecular formula is C11H12Cl2N4O2. The first-order valence-corrected chi connectivity index (χ1v) is 6.23. The van der Waals surface area contributed by atoms with E-state index in [4.69, 9.17) is 33.5 Å². The first-order valence-electron chi connectivity index (χ1n) is 5.48. The summed E-state index contributed by atoms with van der Waals surface area (Å²) in [5, 5.41) is 14.3. The fourth-order valence-electron chi connectivity index (χ4n) is 1.40. The van der Waals surface area contributed by atoms with Gasteiger partial charge in [-0.05, 0) is 13.0 Å². The van der Waals surface area contributed by atoms with Crippen LogP contribution in [-0.4, -0.2) is 32.4 Å². The highest BCUT2D eigenvalue weighted by molar-refractivity contribution is 6.35. The summed E-state index contributed by atoms with van der Waals surface area (Å²) in [5.74, 6) is 0.503. The van der Waals surface area contributed by atoms with Crippen LogP contribution in [0.25, 0.3) is 11.5 Å². The van der Waals surface area contributed by atoms with Gasteiger partial charge in [0.25, 0.3) is 0 Å². The van der Waals surface area contributed by atoms with Gasteiger partial charge in [-0.1, -0.05) is 28.4 Å². The molecule has 0 spiro atoms. The maximum atomic E-state index is 9.84. The van der Waals surface area contributed by atoms with Gasteiger partial charge in [0, 0.05) is 12.7 Å². The lowest BCUT2D eigenvalue weighted by atomic mass is 10.0. The van der Waals surface area contributed by atoms with Crippen LogP contribution in [0.3, 0.4) is 0 Å². The molecule has 0 aliphatic carbocycles. The Labute approximate surface area is 119 Å². The molecule has 0 aliphatic rings. The van der Waals surface area contributed by atoms with Crippen molar-refractivity contribution in [2.45, 2.75) is 18.9 Å². The number of hydrogen-bond acceptors (Lipinski definition) is 6. The maximum absolute atomic E-state index is 9.84. The molecule has 2 aromatic rings. The Bertz CT molecular complexity index is 586. The van der Waals surface area contributed by atoms with Gasteiger partial charge in [-0.2, -0.15) is 4.98 Å². The monoisotopic (exact) mass is 302 g/mol. The SMILES string of the molecule is CC(O)(CN)Cc1nc(-c2ncc(Cl)cc2Cl)no1. The average Bonchev–Trinajstić information content (AvgIpc) is 2.76. The van der Waals surface area contributed by atoms with Crippen LogP contribution in [0.4, 0.5) is 0 Å². The first-order chi connectivity index (χ1) is 8.91. The topological polar surface area (TPSA) is 98.1 Å². The number of rotatable bonds is 4. The van der Waals surface area contributed by atoms with E-state index in [-0.39, 0.29) is 24.7 Å². The molecule has 3 N–H and O–H groups in total. The predicted molar refractivity (Wildman–Crippen MR) is 70.9 cm³/mol. The molecule has 1 atom stereocenters. The molecule has 0 radical (unpaired) electrons. The molecule has 0 aliphatic heterocycles. The molecule has 2 rings (SSSR count).